The third-order valence-electron chi connectivity index (χ3n) is 2.46. The summed E-state index contributed by atoms with van der Waals surface area (Å²) in [6, 6.07) is 11.7. The van der Waals surface area contributed by atoms with Crippen molar-refractivity contribution in [3.05, 3.63) is 48.3 Å². The van der Waals surface area contributed by atoms with Crippen molar-refractivity contribution in [1.29, 1.82) is 0 Å². The zero-order valence-corrected chi connectivity index (χ0v) is 11.1. The first kappa shape index (κ1) is 12.9. The Bertz CT molecular complexity index is 511. The molecular formula is C14H15NO2S. The molecule has 18 heavy (non-hydrogen) atoms. The maximum atomic E-state index is 9.39. The van der Waals surface area contributed by atoms with E-state index >= 15 is 0 Å². The van der Waals surface area contributed by atoms with Gasteiger partial charge in [-0.2, -0.15) is 0 Å². The standard InChI is InChI=1S/C14H15NO2S/c1-10(16)14-7-6-13(9-15-14)18-12-5-3-4-11(8-12)17-2/h3-10,16H,1-2H3. The van der Waals surface area contributed by atoms with Gasteiger partial charge in [-0.3, -0.25) is 4.98 Å². The summed E-state index contributed by atoms with van der Waals surface area (Å²) in [6.07, 6.45) is 1.24. The van der Waals surface area contributed by atoms with Gasteiger partial charge in [-0.1, -0.05) is 17.8 Å². The summed E-state index contributed by atoms with van der Waals surface area (Å²) in [5.74, 6) is 0.841. The largest absolute Gasteiger partial charge is 0.497 e. The number of benzene rings is 1. The highest BCUT2D eigenvalue weighted by molar-refractivity contribution is 7.99. The van der Waals surface area contributed by atoms with Gasteiger partial charge in [-0.05, 0) is 37.3 Å². The predicted octanol–water partition coefficient (Wildman–Crippen LogP) is 3.29. The monoisotopic (exact) mass is 261 g/mol. The number of nitrogens with zero attached hydrogens (tertiary/aromatic N) is 1. The third kappa shape index (κ3) is 3.24. The summed E-state index contributed by atoms with van der Waals surface area (Å²) in [6.45, 7) is 1.71. The fraction of sp³-hybridized carbons (Fsp3) is 0.214. The van der Waals surface area contributed by atoms with E-state index in [1.165, 1.54) is 0 Å². The molecule has 1 N–H and O–H groups in total. The molecule has 1 aromatic heterocycles. The van der Waals surface area contributed by atoms with E-state index in [9.17, 15) is 5.11 Å². The molecule has 0 aliphatic heterocycles. The number of aromatic nitrogens is 1. The van der Waals surface area contributed by atoms with Crippen LogP contribution in [0.25, 0.3) is 0 Å². The summed E-state index contributed by atoms with van der Waals surface area (Å²) >= 11 is 1.61. The third-order valence-corrected chi connectivity index (χ3v) is 3.43. The maximum absolute atomic E-state index is 9.39. The van der Waals surface area contributed by atoms with Crippen molar-refractivity contribution in [2.24, 2.45) is 0 Å². The summed E-state index contributed by atoms with van der Waals surface area (Å²) in [5, 5.41) is 9.39. The van der Waals surface area contributed by atoms with Crippen molar-refractivity contribution < 1.29 is 9.84 Å². The van der Waals surface area contributed by atoms with Gasteiger partial charge in [0.15, 0.2) is 0 Å². The number of hydrogen-bond acceptors (Lipinski definition) is 4. The molecule has 0 radical (unpaired) electrons. The fourth-order valence-corrected chi connectivity index (χ4v) is 2.34. The van der Waals surface area contributed by atoms with E-state index in [0.717, 1.165) is 15.5 Å². The lowest BCUT2D eigenvalue weighted by atomic mass is 10.2. The van der Waals surface area contributed by atoms with Crippen LogP contribution in [0.1, 0.15) is 18.7 Å². The lowest BCUT2D eigenvalue weighted by Gasteiger charge is -2.06. The molecular weight excluding hydrogens is 246 g/mol. The molecule has 0 saturated carbocycles. The van der Waals surface area contributed by atoms with Crippen LogP contribution >= 0.6 is 11.8 Å². The topological polar surface area (TPSA) is 42.4 Å². The summed E-state index contributed by atoms with van der Waals surface area (Å²) in [5.41, 5.74) is 0.685. The van der Waals surface area contributed by atoms with Gasteiger partial charge in [0.2, 0.25) is 0 Å². The lowest BCUT2D eigenvalue weighted by molar-refractivity contribution is 0.194. The molecule has 0 spiro atoms. The Hall–Kier alpha value is -1.52. The minimum atomic E-state index is -0.527. The Balaban J connectivity index is 2.13. The number of pyridine rings is 1. The molecule has 1 heterocycles. The lowest BCUT2D eigenvalue weighted by Crippen LogP contribution is -1.94. The predicted molar refractivity (Wildman–Crippen MR) is 72.0 cm³/mol. The van der Waals surface area contributed by atoms with E-state index in [1.54, 1.807) is 32.0 Å². The molecule has 0 aliphatic carbocycles. The fourth-order valence-electron chi connectivity index (χ4n) is 1.50. The first-order chi connectivity index (χ1) is 8.69. The first-order valence-corrected chi connectivity index (χ1v) is 6.46. The molecule has 94 valence electrons. The minimum Gasteiger partial charge on any atom is -0.497 e. The van der Waals surface area contributed by atoms with Gasteiger partial charge >= 0.3 is 0 Å². The normalized spacial score (nSPS) is 12.2. The molecule has 1 atom stereocenters. The highest BCUT2D eigenvalue weighted by Crippen LogP contribution is 2.29. The number of aliphatic hydroxyl groups excluding tert-OH is 1. The Labute approximate surface area is 111 Å². The molecule has 0 amide bonds. The van der Waals surface area contributed by atoms with Gasteiger partial charge in [0.1, 0.15) is 5.75 Å². The maximum Gasteiger partial charge on any atom is 0.119 e. The van der Waals surface area contributed by atoms with Crippen molar-refractivity contribution >= 4 is 11.8 Å². The van der Waals surface area contributed by atoms with Crippen LogP contribution in [0.15, 0.2) is 52.4 Å². The number of ether oxygens (including phenoxy) is 1. The quantitative estimate of drug-likeness (QED) is 0.917. The second-order valence-electron chi connectivity index (χ2n) is 3.88. The van der Waals surface area contributed by atoms with Crippen LogP contribution in [0.4, 0.5) is 0 Å². The number of hydrogen-bond donors (Lipinski definition) is 1. The van der Waals surface area contributed by atoms with Crippen molar-refractivity contribution in [3.8, 4) is 5.75 Å². The van der Waals surface area contributed by atoms with E-state index in [0.29, 0.717) is 5.69 Å². The average Bonchev–Trinajstić information content (AvgIpc) is 2.39. The van der Waals surface area contributed by atoms with Crippen LogP contribution in [0, 0.1) is 0 Å². The molecule has 2 rings (SSSR count). The molecule has 4 heteroatoms. The first-order valence-electron chi connectivity index (χ1n) is 5.65. The highest BCUT2D eigenvalue weighted by atomic mass is 32.2. The van der Waals surface area contributed by atoms with Crippen LogP contribution in [0.2, 0.25) is 0 Å². The number of methoxy groups -OCH3 is 1. The smallest absolute Gasteiger partial charge is 0.119 e. The van der Waals surface area contributed by atoms with Gasteiger partial charge in [0.05, 0.1) is 18.9 Å². The average molecular weight is 261 g/mol. The molecule has 3 nitrogen and oxygen atoms in total. The van der Waals surface area contributed by atoms with E-state index in [1.807, 2.05) is 36.4 Å². The zero-order valence-electron chi connectivity index (χ0n) is 10.3. The highest BCUT2D eigenvalue weighted by Gasteiger charge is 2.03. The Morgan fingerprint density at radius 1 is 1.22 bits per heavy atom. The zero-order chi connectivity index (χ0) is 13.0. The summed E-state index contributed by atoms with van der Waals surface area (Å²) in [7, 11) is 1.66. The SMILES string of the molecule is COc1cccc(Sc2ccc(C(C)O)nc2)c1. The minimum absolute atomic E-state index is 0.527. The molecule has 0 bridgehead atoms. The molecule has 1 aromatic carbocycles. The van der Waals surface area contributed by atoms with Crippen LogP contribution in [0.5, 0.6) is 5.75 Å². The van der Waals surface area contributed by atoms with E-state index in [2.05, 4.69) is 4.98 Å². The van der Waals surface area contributed by atoms with E-state index in [4.69, 9.17) is 4.74 Å². The van der Waals surface area contributed by atoms with Crippen LogP contribution < -0.4 is 4.74 Å². The van der Waals surface area contributed by atoms with Crippen molar-refractivity contribution in [2.45, 2.75) is 22.8 Å². The molecule has 0 saturated heterocycles. The second-order valence-corrected chi connectivity index (χ2v) is 5.02. The Kier molecular flexibility index (Phi) is 4.23. The van der Waals surface area contributed by atoms with Crippen molar-refractivity contribution in [2.75, 3.05) is 7.11 Å². The molecule has 0 fully saturated rings. The van der Waals surface area contributed by atoms with Gasteiger partial charge in [0, 0.05) is 16.0 Å². The van der Waals surface area contributed by atoms with Crippen molar-refractivity contribution in [3.63, 3.8) is 0 Å². The summed E-state index contributed by atoms with van der Waals surface area (Å²) in [4.78, 5) is 6.35. The Morgan fingerprint density at radius 2 is 2.06 bits per heavy atom. The van der Waals surface area contributed by atoms with Crippen molar-refractivity contribution in [1.82, 2.24) is 4.98 Å². The van der Waals surface area contributed by atoms with Gasteiger partial charge in [0.25, 0.3) is 0 Å². The number of rotatable bonds is 4. The van der Waals surface area contributed by atoms with Crippen LogP contribution in [-0.2, 0) is 0 Å². The van der Waals surface area contributed by atoms with Gasteiger partial charge in [-0.15, -0.1) is 0 Å². The van der Waals surface area contributed by atoms with E-state index in [-0.39, 0.29) is 0 Å². The van der Waals surface area contributed by atoms with Crippen LogP contribution in [0.3, 0.4) is 0 Å². The van der Waals surface area contributed by atoms with Crippen LogP contribution in [-0.4, -0.2) is 17.2 Å². The van der Waals surface area contributed by atoms with Gasteiger partial charge < -0.3 is 9.84 Å². The van der Waals surface area contributed by atoms with Gasteiger partial charge in [-0.25, -0.2) is 0 Å². The van der Waals surface area contributed by atoms with E-state index < -0.39 is 6.10 Å². The molecule has 2 aromatic rings. The molecule has 0 aliphatic rings. The number of aliphatic hydroxyl groups is 1. The molecule has 1 unspecified atom stereocenters. The summed E-state index contributed by atoms with van der Waals surface area (Å²) < 4.78 is 5.18. The second kappa shape index (κ2) is 5.89. The Morgan fingerprint density at radius 3 is 2.67 bits per heavy atom.